The molecule has 0 saturated heterocycles. The molecule has 7 nitrogen and oxygen atoms in total. The quantitative estimate of drug-likeness (QED) is 0.545. The van der Waals surface area contributed by atoms with E-state index < -0.39 is 17.2 Å². The van der Waals surface area contributed by atoms with E-state index in [4.69, 9.17) is 4.74 Å². The Morgan fingerprint density at radius 1 is 1.42 bits per heavy atom. The van der Waals surface area contributed by atoms with Gasteiger partial charge in [0.05, 0.1) is 19.4 Å². The molecule has 8 heteroatoms. The van der Waals surface area contributed by atoms with E-state index in [2.05, 4.69) is 17.3 Å². The Balaban J connectivity index is 2.08. The Labute approximate surface area is 158 Å². The van der Waals surface area contributed by atoms with Crippen LogP contribution < -0.4 is 5.32 Å². The molecule has 1 aromatic heterocycles. The van der Waals surface area contributed by atoms with Gasteiger partial charge in [-0.05, 0) is 37.7 Å². The summed E-state index contributed by atoms with van der Waals surface area (Å²) in [6.45, 7) is 4.66. The first-order valence-electron chi connectivity index (χ1n) is 9.21. The molecule has 1 amide bonds. The molecule has 0 spiro atoms. The molecule has 0 bridgehead atoms. The van der Waals surface area contributed by atoms with Gasteiger partial charge in [0.1, 0.15) is 17.5 Å². The van der Waals surface area contributed by atoms with Gasteiger partial charge in [0.15, 0.2) is 0 Å². The van der Waals surface area contributed by atoms with Crippen LogP contribution in [0.2, 0.25) is 0 Å². The largest absolute Gasteiger partial charge is 0.617 e. The van der Waals surface area contributed by atoms with Crippen molar-refractivity contribution in [3.8, 4) is 0 Å². The number of aromatic nitrogens is 2. The number of esters is 1. The van der Waals surface area contributed by atoms with Crippen molar-refractivity contribution < 1.29 is 18.9 Å². The van der Waals surface area contributed by atoms with Gasteiger partial charge < -0.3 is 14.6 Å². The second-order valence-electron chi connectivity index (χ2n) is 6.94. The molecule has 2 atom stereocenters. The van der Waals surface area contributed by atoms with Gasteiger partial charge in [-0.3, -0.25) is 9.48 Å². The fraction of sp³-hybridized carbons (Fsp3) is 0.722. The van der Waals surface area contributed by atoms with E-state index in [1.165, 1.54) is 10.9 Å². The van der Waals surface area contributed by atoms with Crippen molar-refractivity contribution >= 4 is 23.1 Å². The first kappa shape index (κ1) is 20.8. The topological polar surface area (TPSA) is 96.3 Å². The zero-order valence-electron chi connectivity index (χ0n) is 15.8. The van der Waals surface area contributed by atoms with Gasteiger partial charge >= 0.3 is 5.97 Å². The summed E-state index contributed by atoms with van der Waals surface area (Å²) in [7, 11) is 0. The highest BCUT2D eigenvalue weighted by Crippen LogP contribution is 2.31. The third kappa shape index (κ3) is 5.74. The lowest BCUT2D eigenvalue weighted by atomic mass is 9.79. The van der Waals surface area contributed by atoms with Gasteiger partial charge in [0.25, 0.3) is 5.91 Å². The summed E-state index contributed by atoms with van der Waals surface area (Å²) in [5.74, 6) is 0.445. The molecular formula is C18H29N3O4S. The van der Waals surface area contributed by atoms with Crippen molar-refractivity contribution in [2.75, 3.05) is 18.6 Å². The summed E-state index contributed by atoms with van der Waals surface area (Å²) >= 11 is -0.966. The predicted molar refractivity (Wildman–Crippen MR) is 100 cm³/mol. The van der Waals surface area contributed by atoms with E-state index in [1.807, 2.05) is 0 Å². The monoisotopic (exact) mass is 383 g/mol. The Morgan fingerprint density at radius 2 is 2.12 bits per heavy atom. The van der Waals surface area contributed by atoms with Crippen molar-refractivity contribution in [2.45, 2.75) is 52.1 Å². The molecule has 1 aliphatic rings. The second-order valence-corrected chi connectivity index (χ2v) is 8.49. The molecule has 1 saturated carbocycles. The lowest BCUT2D eigenvalue weighted by Gasteiger charge is -2.31. The van der Waals surface area contributed by atoms with Crippen LogP contribution in [0.15, 0.2) is 12.3 Å². The summed E-state index contributed by atoms with van der Waals surface area (Å²) < 4.78 is 18.0. The van der Waals surface area contributed by atoms with Gasteiger partial charge in [-0.2, -0.15) is 5.10 Å². The smallest absolute Gasteiger partial charge is 0.328 e. The average molecular weight is 384 g/mol. The van der Waals surface area contributed by atoms with Gasteiger partial charge in [-0.15, -0.1) is 0 Å². The predicted octanol–water partition coefficient (Wildman–Crippen LogP) is 1.75. The minimum Gasteiger partial charge on any atom is -0.617 e. The van der Waals surface area contributed by atoms with Crippen LogP contribution in [0, 0.1) is 11.8 Å². The highest BCUT2D eigenvalue weighted by atomic mass is 32.2. The first-order valence-corrected chi connectivity index (χ1v) is 10.9. The molecule has 1 fully saturated rings. The van der Waals surface area contributed by atoms with Crippen LogP contribution >= 0.6 is 0 Å². The summed E-state index contributed by atoms with van der Waals surface area (Å²) in [5, 5.41) is 6.99. The first-order chi connectivity index (χ1) is 12.4. The number of nitrogens with one attached hydrogen (secondary N) is 1. The summed E-state index contributed by atoms with van der Waals surface area (Å²) in [5.41, 5.74) is 0.369. The number of aryl methyl sites for hydroxylation is 1. The zero-order chi connectivity index (χ0) is 19.1. The molecule has 1 unspecified atom stereocenters. The maximum atomic E-state index is 12.7. The molecule has 0 aliphatic heterocycles. The molecule has 1 N–H and O–H groups in total. The van der Waals surface area contributed by atoms with Gasteiger partial charge in [0.2, 0.25) is 0 Å². The number of ether oxygens (including phenoxy) is 1. The van der Waals surface area contributed by atoms with Crippen molar-refractivity contribution in [3.63, 3.8) is 0 Å². The highest BCUT2D eigenvalue weighted by molar-refractivity contribution is 7.90. The lowest BCUT2D eigenvalue weighted by molar-refractivity contribution is -0.147. The molecule has 1 heterocycles. The fourth-order valence-electron chi connectivity index (χ4n) is 3.35. The van der Waals surface area contributed by atoms with E-state index >= 15 is 0 Å². The van der Waals surface area contributed by atoms with Crippen LogP contribution in [0.5, 0.6) is 0 Å². The molecule has 1 aliphatic carbocycles. The highest BCUT2D eigenvalue weighted by Gasteiger charge is 2.34. The average Bonchev–Trinajstić information content (AvgIpc) is 3.07. The molecule has 26 heavy (non-hydrogen) atoms. The number of amides is 1. The van der Waals surface area contributed by atoms with E-state index in [0.29, 0.717) is 23.9 Å². The number of hydrogen-bond acceptors (Lipinski definition) is 5. The number of carbonyl (C=O) groups excluding carboxylic acids is 2. The van der Waals surface area contributed by atoms with E-state index in [-0.39, 0.29) is 24.4 Å². The van der Waals surface area contributed by atoms with Crippen molar-refractivity contribution in [3.05, 3.63) is 18.0 Å². The molecule has 0 radical (unpaired) electrons. The number of hydrogen-bond donors (Lipinski definition) is 1. The van der Waals surface area contributed by atoms with Gasteiger partial charge in [-0.25, -0.2) is 4.79 Å². The maximum absolute atomic E-state index is 12.7. The van der Waals surface area contributed by atoms with E-state index in [9.17, 15) is 14.1 Å². The Hall–Kier alpha value is -1.54. The third-order valence-electron chi connectivity index (χ3n) is 4.90. The normalized spacial score (nSPS) is 22.5. The van der Waals surface area contributed by atoms with Crippen molar-refractivity contribution in [1.82, 2.24) is 15.1 Å². The molecule has 0 aromatic carbocycles. The maximum Gasteiger partial charge on any atom is 0.328 e. The Morgan fingerprint density at radius 3 is 2.73 bits per heavy atom. The van der Waals surface area contributed by atoms with Gasteiger partial charge in [-0.1, -0.05) is 30.9 Å². The lowest BCUT2D eigenvalue weighted by Crippen LogP contribution is -2.48. The van der Waals surface area contributed by atoms with Crippen molar-refractivity contribution in [1.29, 1.82) is 0 Å². The summed E-state index contributed by atoms with van der Waals surface area (Å²) in [4.78, 5) is 25.2. The fourth-order valence-corrected chi connectivity index (χ4v) is 3.78. The van der Waals surface area contributed by atoms with Crippen LogP contribution in [-0.2, 0) is 27.3 Å². The van der Waals surface area contributed by atoms with Crippen LogP contribution in [0.25, 0.3) is 0 Å². The number of nitrogens with zero attached hydrogens (tertiary/aromatic N) is 2. The Bertz CT molecular complexity index is 597. The van der Waals surface area contributed by atoms with Crippen LogP contribution in [-0.4, -0.2) is 50.9 Å². The van der Waals surface area contributed by atoms with Crippen LogP contribution in [0.1, 0.15) is 50.0 Å². The van der Waals surface area contributed by atoms with E-state index in [1.54, 1.807) is 19.2 Å². The van der Waals surface area contributed by atoms with E-state index in [0.717, 1.165) is 25.7 Å². The SMILES string of the molecule is CCOC(=O)[C@@H](NC(=O)c1ccnn1CC[S+](C)[O-])[C@H]1CC[C@H](C)CC1. The minimum absolute atomic E-state index is 0.0914. The van der Waals surface area contributed by atoms with Crippen molar-refractivity contribution in [2.24, 2.45) is 11.8 Å². The second kappa shape index (κ2) is 9.97. The molecule has 146 valence electrons. The third-order valence-corrected chi connectivity index (χ3v) is 5.66. The molecular weight excluding hydrogens is 354 g/mol. The van der Waals surface area contributed by atoms with Crippen LogP contribution in [0.3, 0.4) is 0 Å². The summed E-state index contributed by atoms with van der Waals surface area (Å²) in [6.07, 6.45) is 7.06. The van der Waals surface area contributed by atoms with Crippen LogP contribution in [0.4, 0.5) is 0 Å². The van der Waals surface area contributed by atoms with Gasteiger partial charge in [0, 0.05) is 6.20 Å². The molecule has 2 rings (SSSR count). The summed E-state index contributed by atoms with van der Waals surface area (Å²) in [6, 6.07) is 0.970. The minimum atomic E-state index is -0.966. The number of rotatable bonds is 8. The Kier molecular flexibility index (Phi) is 7.96. The molecule has 1 aromatic rings. The number of carbonyl (C=O) groups is 2. The standard InChI is InChI=1S/C18H29N3O4S/c1-4-25-18(23)16(14-7-5-13(2)6-8-14)20-17(22)15-9-10-19-21(15)11-12-26(3)24/h9-10,13-14,16H,4-8,11-12H2,1-3H3,(H,20,22)/t13-,14-,16-,26?/m0/s1. The zero-order valence-corrected chi connectivity index (χ0v) is 16.6.